The van der Waals surface area contributed by atoms with E-state index in [4.69, 9.17) is 10.00 Å². The summed E-state index contributed by atoms with van der Waals surface area (Å²) >= 11 is 0. The van der Waals surface area contributed by atoms with Crippen LogP contribution >= 0.6 is 0 Å². The van der Waals surface area contributed by atoms with Crippen LogP contribution in [0.4, 0.5) is 13.2 Å². The van der Waals surface area contributed by atoms with E-state index in [1.165, 1.54) is 6.07 Å². The Balaban J connectivity index is 2.32. The summed E-state index contributed by atoms with van der Waals surface area (Å²) in [6.45, 7) is 0.767. The highest BCUT2D eigenvalue weighted by Gasteiger charge is 2.36. The Labute approximate surface area is 103 Å². The maximum Gasteiger partial charge on any atom is 0.414 e. The third-order valence-corrected chi connectivity index (χ3v) is 2.14. The van der Waals surface area contributed by atoms with Gasteiger partial charge < -0.3 is 9.47 Å². The molecule has 0 radical (unpaired) electrons. The zero-order chi connectivity index (χ0) is 13.6. The lowest BCUT2D eigenvalue weighted by molar-refractivity contribution is -0.215. The third kappa shape index (κ3) is 4.63. The molecule has 1 rings (SSSR count). The summed E-state index contributed by atoms with van der Waals surface area (Å²) in [6.07, 6.45) is -6.17. The van der Waals surface area contributed by atoms with E-state index in [9.17, 15) is 13.2 Å². The zero-order valence-corrected chi connectivity index (χ0v) is 9.70. The Kier molecular flexibility index (Phi) is 4.98. The molecule has 0 bridgehead atoms. The molecule has 0 aromatic heterocycles. The summed E-state index contributed by atoms with van der Waals surface area (Å²) in [6, 6.07) is 8.30. The van der Waals surface area contributed by atoms with Gasteiger partial charge in [0.25, 0.3) is 0 Å². The molecule has 0 aliphatic heterocycles. The Bertz CT molecular complexity index is 426. The first-order valence-electron chi connectivity index (χ1n) is 5.25. The monoisotopic (exact) mass is 259 g/mol. The topological polar surface area (TPSA) is 42.2 Å². The van der Waals surface area contributed by atoms with Crippen LogP contribution in [0.3, 0.4) is 0 Å². The van der Waals surface area contributed by atoms with E-state index < -0.39 is 12.3 Å². The van der Waals surface area contributed by atoms with Crippen molar-refractivity contribution in [1.82, 2.24) is 0 Å². The highest BCUT2D eigenvalue weighted by molar-refractivity contribution is 5.36. The van der Waals surface area contributed by atoms with Crippen LogP contribution < -0.4 is 4.74 Å². The molecule has 6 heteroatoms. The SMILES string of the molecule is CC(OCCOc1cccc(C#N)c1)C(F)(F)F. The lowest BCUT2D eigenvalue weighted by atomic mass is 10.2. The maximum absolute atomic E-state index is 12.1. The van der Waals surface area contributed by atoms with E-state index in [0.717, 1.165) is 6.92 Å². The smallest absolute Gasteiger partial charge is 0.414 e. The molecule has 0 fully saturated rings. The van der Waals surface area contributed by atoms with E-state index in [2.05, 4.69) is 4.74 Å². The van der Waals surface area contributed by atoms with E-state index in [1.807, 2.05) is 6.07 Å². The van der Waals surface area contributed by atoms with Crippen LogP contribution in [-0.4, -0.2) is 25.5 Å². The predicted molar refractivity (Wildman–Crippen MR) is 58.1 cm³/mol. The zero-order valence-electron chi connectivity index (χ0n) is 9.70. The summed E-state index contributed by atoms with van der Waals surface area (Å²) in [5, 5.41) is 8.64. The summed E-state index contributed by atoms with van der Waals surface area (Å²) in [5.74, 6) is 0.428. The molecule has 0 heterocycles. The largest absolute Gasteiger partial charge is 0.491 e. The van der Waals surface area contributed by atoms with Gasteiger partial charge in [-0.1, -0.05) is 6.07 Å². The Morgan fingerprint density at radius 3 is 2.67 bits per heavy atom. The number of ether oxygens (including phenoxy) is 2. The van der Waals surface area contributed by atoms with Gasteiger partial charge in [0.2, 0.25) is 0 Å². The molecule has 1 aromatic rings. The lowest BCUT2D eigenvalue weighted by Gasteiger charge is -2.16. The number of nitrogens with zero attached hydrogens (tertiary/aromatic N) is 1. The number of alkyl halides is 3. The second-order valence-electron chi connectivity index (χ2n) is 3.54. The van der Waals surface area contributed by atoms with Gasteiger partial charge in [-0.15, -0.1) is 0 Å². The number of hydrogen-bond donors (Lipinski definition) is 0. The molecule has 18 heavy (non-hydrogen) atoms. The fraction of sp³-hybridized carbons (Fsp3) is 0.417. The predicted octanol–water partition coefficient (Wildman–Crippen LogP) is 2.90. The van der Waals surface area contributed by atoms with Crippen molar-refractivity contribution in [2.45, 2.75) is 19.2 Å². The molecular weight excluding hydrogens is 247 g/mol. The molecule has 1 aromatic carbocycles. The molecule has 3 nitrogen and oxygen atoms in total. The van der Waals surface area contributed by atoms with Crippen molar-refractivity contribution in [3.05, 3.63) is 29.8 Å². The van der Waals surface area contributed by atoms with Gasteiger partial charge in [-0.05, 0) is 25.1 Å². The number of benzene rings is 1. The first-order valence-corrected chi connectivity index (χ1v) is 5.25. The Morgan fingerprint density at radius 2 is 2.06 bits per heavy atom. The first kappa shape index (κ1) is 14.3. The number of hydrogen-bond acceptors (Lipinski definition) is 3. The Hall–Kier alpha value is -1.74. The van der Waals surface area contributed by atoms with Crippen LogP contribution in [0, 0.1) is 11.3 Å². The molecule has 0 saturated carbocycles. The average molecular weight is 259 g/mol. The van der Waals surface area contributed by atoms with Crippen molar-refractivity contribution >= 4 is 0 Å². The van der Waals surface area contributed by atoms with E-state index in [-0.39, 0.29) is 13.2 Å². The standard InChI is InChI=1S/C12H12F3NO2/c1-9(12(13,14)15)17-5-6-18-11-4-2-3-10(7-11)8-16/h2-4,7,9H,5-6H2,1H3. The molecule has 0 aliphatic carbocycles. The minimum Gasteiger partial charge on any atom is -0.491 e. The van der Waals surface area contributed by atoms with E-state index in [0.29, 0.717) is 11.3 Å². The normalized spacial score (nSPS) is 12.8. The number of nitriles is 1. The summed E-state index contributed by atoms with van der Waals surface area (Å²) in [4.78, 5) is 0. The number of halogens is 3. The van der Waals surface area contributed by atoms with Crippen LogP contribution in [0.25, 0.3) is 0 Å². The van der Waals surface area contributed by atoms with Gasteiger partial charge in [-0.3, -0.25) is 0 Å². The van der Waals surface area contributed by atoms with Crippen LogP contribution in [0.2, 0.25) is 0 Å². The van der Waals surface area contributed by atoms with Crippen molar-refractivity contribution < 1.29 is 22.6 Å². The minimum atomic E-state index is -4.36. The molecule has 0 aliphatic rings. The molecular formula is C12H12F3NO2. The van der Waals surface area contributed by atoms with Gasteiger partial charge in [-0.2, -0.15) is 18.4 Å². The van der Waals surface area contributed by atoms with Crippen LogP contribution in [0.15, 0.2) is 24.3 Å². The second-order valence-corrected chi connectivity index (χ2v) is 3.54. The summed E-state index contributed by atoms with van der Waals surface area (Å²) in [7, 11) is 0. The molecule has 98 valence electrons. The fourth-order valence-electron chi connectivity index (χ4n) is 1.13. The van der Waals surface area contributed by atoms with Crippen molar-refractivity contribution in [3.8, 4) is 11.8 Å². The maximum atomic E-state index is 12.1. The van der Waals surface area contributed by atoms with E-state index >= 15 is 0 Å². The molecule has 0 N–H and O–H groups in total. The fourth-order valence-corrected chi connectivity index (χ4v) is 1.13. The molecule has 0 amide bonds. The summed E-state index contributed by atoms with van der Waals surface area (Å²) in [5.41, 5.74) is 0.428. The first-order chi connectivity index (χ1) is 8.43. The van der Waals surface area contributed by atoms with Crippen molar-refractivity contribution in [2.24, 2.45) is 0 Å². The molecule has 0 spiro atoms. The van der Waals surface area contributed by atoms with Gasteiger partial charge in [0, 0.05) is 0 Å². The molecule has 1 atom stereocenters. The van der Waals surface area contributed by atoms with Crippen molar-refractivity contribution in [1.29, 1.82) is 5.26 Å². The average Bonchev–Trinajstić information content (AvgIpc) is 2.33. The molecule has 1 unspecified atom stereocenters. The third-order valence-electron chi connectivity index (χ3n) is 2.14. The van der Waals surface area contributed by atoms with Crippen molar-refractivity contribution in [2.75, 3.05) is 13.2 Å². The van der Waals surface area contributed by atoms with Gasteiger partial charge in [0.1, 0.15) is 12.4 Å². The second kappa shape index (κ2) is 6.26. The van der Waals surface area contributed by atoms with Crippen molar-refractivity contribution in [3.63, 3.8) is 0 Å². The highest BCUT2D eigenvalue weighted by atomic mass is 19.4. The quantitative estimate of drug-likeness (QED) is 0.763. The van der Waals surface area contributed by atoms with Gasteiger partial charge in [0.05, 0.1) is 18.2 Å². The van der Waals surface area contributed by atoms with E-state index in [1.54, 1.807) is 18.2 Å². The van der Waals surface area contributed by atoms with Crippen LogP contribution in [0.5, 0.6) is 5.75 Å². The van der Waals surface area contributed by atoms with Crippen LogP contribution in [-0.2, 0) is 4.74 Å². The summed E-state index contributed by atoms with van der Waals surface area (Å²) < 4.78 is 46.0. The lowest BCUT2D eigenvalue weighted by Crippen LogP contribution is -2.29. The Morgan fingerprint density at radius 1 is 1.33 bits per heavy atom. The number of rotatable bonds is 5. The highest BCUT2D eigenvalue weighted by Crippen LogP contribution is 2.22. The minimum absolute atomic E-state index is 0.00466. The van der Waals surface area contributed by atoms with Gasteiger partial charge in [0.15, 0.2) is 6.10 Å². The van der Waals surface area contributed by atoms with Gasteiger partial charge in [-0.25, -0.2) is 0 Å². The van der Waals surface area contributed by atoms with Gasteiger partial charge >= 0.3 is 6.18 Å². The van der Waals surface area contributed by atoms with Crippen LogP contribution in [0.1, 0.15) is 12.5 Å². The molecule has 0 saturated heterocycles.